The number of allylic oxidation sites excluding steroid dienone is 12. The summed E-state index contributed by atoms with van der Waals surface area (Å²) in [5.74, 6) is -8.20. The van der Waals surface area contributed by atoms with Crippen LogP contribution in [0.4, 0.5) is 0 Å². The molecule has 5 aliphatic rings. The number of aliphatic hydroxyl groups is 14. The van der Waals surface area contributed by atoms with Crippen molar-refractivity contribution < 1.29 is 105 Å². The topological polar surface area (TPSA) is 382 Å². The number of benzene rings is 1. The van der Waals surface area contributed by atoms with Gasteiger partial charge in [-0.3, -0.25) is 14.5 Å². The van der Waals surface area contributed by atoms with Gasteiger partial charge in [0.05, 0.1) is 98.7 Å². The lowest BCUT2D eigenvalue weighted by atomic mass is 9.81. The van der Waals surface area contributed by atoms with Gasteiger partial charge in [0, 0.05) is 70.2 Å². The molecule has 0 aromatic heterocycles. The monoisotopic (exact) mass is 1240 g/mol. The van der Waals surface area contributed by atoms with Crippen molar-refractivity contribution in [2.45, 2.75) is 207 Å². The van der Waals surface area contributed by atoms with Gasteiger partial charge in [0.25, 0.3) is 0 Å². The van der Waals surface area contributed by atoms with E-state index in [1.54, 1.807) is 97.7 Å². The minimum absolute atomic E-state index is 0.130. The van der Waals surface area contributed by atoms with E-state index >= 15 is 0 Å². The third kappa shape index (κ3) is 21.6. The lowest BCUT2D eigenvalue weighted by Gasteiger charge is -2.48. The Morgan fingerprint density at radius 2 is 1.25 bits per heavy atom. The number of ether oxygens (including phenoxy) is 5. The van der Waals surface area contributed by atoms with Crippen LogP contribution in [0.2, 0.25) is 0 Å². The first-order valence-electron chi connectivity index (χ1n) is 30.7. The summed E-state index contributed by atoms with van der Waals surface area (Å²) in [6, 6.07) is 8.49. The van der Waals surface area contributed by atoms with Crippen molar-refractivity contribution in [1.82, 2.24) is 15.1 Å². The lowest BCUT2D eigenvalue weighted by Crippen LogP contribution is -2.69. The van der Waals surface area contributed by atoms with Crippen molar-refractivity contribution in [2.75, 3.05) is 39.3 Å². The first-order chi connectivity index (χ1) is 41.8. The second kappa shape index (κ2) is 34.8. The van der Waals surface area contributed by atoms with Crippen LogP contribution in [-0.4, -0.2) is 254 Å². The summed E-state index contributed by atoms with van der Waals surface area (Å²) in [5.41, 5.74) is 1.09. The van der Waals surface area contributed by atoms with E-state index in [0.717, 1.165) is 5.56 Å². The first-order valence-corrected chi connectivity index (χ1v) is 30.7. The summed E-state index contributed by atoms with van der Waals surface area (Å²) in [7, 11) is 0. The Morgan fingerprint density at radius 1 is 0.636 bits per heavy atom. The minimum atomic E-state index is -2.47. The summed E-state index contributed by atoms with van der Waals surface area (Å²) >= 11 is 0. The van der Waals surface area contributed by atoms with Gasteiger partial charge in [0.1, 0.15) is 30.5 Å². The van der Waals surface area contributed by atoms with Gasteiger partial charge in [0.15, 0.2) is 12.1 Å². The van der Waals surface area contributed by atoms with Crippen LogP contribution in [0.5, 0.6) is 0 Å². The summed E-state index contributed by atoms with van der Waals surface area (Å²) in [4.78, 5) is 31.5. The van der Waals surface area contributed by atoms with Crippen LogP contribution in [0.3, 0.4) is 0 Å². The molecule has 1 aromatic rings. The predicted molar refractivity (Wildman–Crippen MR) is 320 cm³/mol. The van der Waals surface area contributed by atoms with E-state index in [9.17, 15) is 81.1 Å². The Labute approximate surface area is 515 Å². The van der Waals surface area contributed by atoms with Crippen LogP contribution < -0.4 is 5.32 Å². The third-order valence-corrected chi connectivity index (χ3v) is 17.2. The quantitative estimate of drug-likeness (QED) is 0.145. The van der Waals surface area contributed by atoms with E-state index in [4.69, 9.17) is 23.7 Å². The van der Waals surface area contributed by atoms with Crippen LogP contribution in [-0.2, 0) is 39.8 Å². The molecule has 5 aliphatic heterocycles. The molecule has 1 aromatic carbocycles. The molecule has 24 heteroatoms. The number of carbonyl (C=O) groups is 2. The summed E-state index contributed by atoms with van der Waals surface area (Å²) in [6.07, 6.45) is -2.85. The molecular weight excluding hydrogens is 1150 g/mol. The number of fused-ring (bicyclic) bond motifs is 2. The number of nitrogens with zero attached hydrogens (tertiary/aromatic N) is 2. The molecule has 0 aliphatic carbocycles. The molecule has 4 unspecified atom stereocenters. The molecule has 5 heterocycles. The Morgan fingerprint density at radius 3 is 1.89 bits per heavy atom. The van der Waals surface area contributed by atoms with Gasteiger partial charge in [-0.15, -0.1) is 0 Å². The number of carbonyl (C=O) groups excluding carboxylic acids is 2. The van der Waals surface area contributed by atoms with Gasteiger partial charge >= 0.3 is 5.97 Å². The van der Waals surface area contributed by atoms with Crippen LogP contribution in [0, 0.1) is 17.8 Å². The summed E-state index contributed by atoms with van der Waals surface area (Å²) in [6.45, 7) is 7.72. The standard InChI is InChI=1S/C64H97N3O21/c1-39-20-16-13-11-9-7-5-6-8-10-12-14-19-23-47(87-62-59(79)55(57(77)42(4)86-62)65-38-64(83)60(80)58(78)51(74)37-84-64)33-52-54(61(81)67-28-26-66(27-29-67)36-43-21-17-15-18-22-43)50(73)35-63(82,88-52)34-46(70)31-49(72)48(71)25-24-44(68)30-45(69)32-53(75)85-41(3)40(2)56(39)76/h5-23,39-42,44-52,54-60,62,65,68-74,76-80,82-83H,24-38H2,1-4H3/b6-5+,9-7+,10-8+,13-11+,14-12+,20-16+,23-19+/t39-,40?,41-,42+,44+,45+,46-,47-,48+,49+,50-,51+,52?,54?,55-,56+,57+,58-,59-,60-,62?,63+,64+/m0/s1. The van der Waals surface area contributed by atoms with Gasteiger partial charge < -0.3 is 105 Å². The second-order valence-corrected chi connectivity index (χ2v) is 24.3. The van der Waals surface area contributed by atoms with Crippen molar-refractivity contribution in [1.29, 1.82) is 0 Å². The third-order valence-electron chi connectivity index (χ3n) is 17.2. The highest BCUT2D eigenvalue weighted by Crippen LogP contribution is 2.39. The normalized spacial score (nSPS) is 43.3. The number of hydrogen-bond acceptors (Lipinski definition) is 23. The SMILES string of the molecule is CC1[C@H](C)OC(=O)C[C@H](O)C[C@H](O)CC[C@@H](O)[C@H](O)C[C@H](O)C[C@]2(O)C[C@H](O)C(C(=O)N3CCN(Cc4ccccc4)CC3)C(C[C@@H](OC3O[C@H](C)[C@@H](O)[C@H](NC[C@@]4(O)OC[C@@H](O)[C@H](O)[C@@H]4O)[C@@H]3O)/C=C/C=C/C=C/C=C/C=C/C=C/C=C/[C@H](C)[C@H]1O)O2. The molecule has 24 nitrogen and oxygen atoms in total. The maximum atomic E-state index is 14.9. The Balaban J connectivity index is 1.27. The zero-order valence-corrected chi connectivity index (χ0v) is 50.7. The van der Waals surface area contributed by atoms with Gasteiger partial charge in [-0.25, -0.2) is 0 Å². The fraction of sp³-hybridized carbons (Fsp3) is 0.656. The van der Waals surface area contributed by atoms with Crippen molar-refractivity contribution in [2.24, 2.45) is 17.8 Å². The Bertz CT molecular complexity index is 2490. The number of amides is 1. The maximum absolute atomic E-state index is 14.9. The molecule has 494 valence electrons. The zero-order chi connectivity index (χ0) is 64.3. The van der Waals surface area contributed by atoms with E-state index in [1.807, 2.05) is 43.3 Å². The van der Waals surface area contributed by atoms with Gasteiger partial charge in [-0.2, -0.15) is 0 Å². The number of nitrogens with one attached hydrogen (secondary N) is 1. The molecule has 6 rings (SSSR count). The van der Waals surface area contributed by atoms with Crippen LogP contribution in [0.1, 0.15) is 84.6 Å². The van der Waals surface area contributed by atoms with Crippen molar-refractivity contribution in [3.63, 3.8) is 0 Å². The molecule has 0 saturated carbocycles. The first kappa shape index (κ1) is 72.6. The highest BCUT2D eigenvalue weighted by molar-refractivity contribution is 5.80. The van der Waals surface area contributed by atoms with E-state index in [0.29, 0.717) is 19.6 Å². The van der Waals surface area contributed by atoms with Crippen LogP contribution in [0.25, 0.3) is 0 Å². The molecule has 2 bridgehead atoms. The predicted octanol–water partition coefficient (Wildman–Crippen LogP) is -0.596. The Kier molecular flexibility index (Phi) is 28.7. The number of esters is 1. The number of aliphatic hydroxyl groups excluding tert-OH is 12. The number of cyclic esters (lactones) is 1. The zero-order valence-electron chi connectivity index (χ0n) is 50.7. The number of piperazine rings is 1. The van der Waals surface area contributed by atoms with E-state index in [-0.39, 0.29) is 44.7 Å². The molecule has 4 saturated heterocycles. The van der Waals surface area contributed by atoms with E-state index in [1.165, 1.54) is 6.92 Å². The number of hydrogen-bond donors (Lipinski definition) is 15. The molecular formula is C64H97N3O21. The maximum Gasteiger partial charge on any atom is 0.308 e. The average Bonchev–Trinajstić information content (AvgIpc) is 1.12. The average molecular weight is 1240 g/mol. The Hall–Kier alpha value is -4.46. The molecule has 88 heavy (non-hydrogen) atoms. The molecule has 0 radical (unpaired) electrons. The molecule has 4 fully saturated rings. The fourth-order valence-corrected chi connectivity index (χ4v) is 11.7. The van der Waals surface area contributed by atoms with Crippen LogP contribution in [0.15, 0.2) is 115 Å². The van der Waals surface area contributed by atoms with Crippen molar-refractivity contribution in [3.05, 3.63) is 121 Å². The van der Waals surface area contributed by atoms with Crippen molar-refractivity contribution >= 4 is 11.9 Å². The highest BCUT2D eigenvalue weighted by atomic mass is 16.7. The highest BCUT2D eigenvalue weighted by Gasteiger charge is 2.53. The largest absolute Gasteiger partial charge is 0.462 e. The second-order valence-electron chi connectivity index (χ2n) is 24.3. The van der Waals surface area contributed by atoms with E-state index < -0.39 is 184 Å². The van der Waals surface area contributed by atoms with Crippen molar-refractivity contribution in [3.8, 4) is 0 Å². The van der Waals surface area contributed by atoms with Gasteiger partial charge in [-0.05, 0) is 38.7 Å². The molecule has 0 spiro atoms. The molecule has 23 atom stereocenters. The van der Waals surface area contributed by atoms with Crippen LogP contribution >= 0.6 is 0 Å². The smallest absolute Gasteiger partial charge is 0.308 e. The minimum Gasteiger partial charge on any atom is -0.462 e. The lowest BCUT2D eigenvalue weighted by molar-refractivity contribution is -0.323. The number of rotatable bonds is 8. The van der Waals surface area contributed by atoms with Gasteiger partial charge in [-0.1, -0.05) is 129 Å². The van der Waals surface area contributed by atoms with Gasteiger partial charge in [0.2, 0.25) is 11.7 Å². The fourth-order valence-electron chi connectivity index (χ4n) is 11.7. The summed E-state index contributed by atoms with van der Waals surface area (Å²) < 4.78 is 29.8. The molecule has 15 N–H and O–H groups in total. The summed E-state index contributed by atoms with van der Waals surface area (Å²) in [5, 5.41) is 158. The molecule has 1 amide bonds. The van der Waals surface area contributed by atoms with E-state index in [2.05, 4.69) is 10.2 Å².